The maximum absolute atomic E-state index is 12.7. The van der Waals surface area contributed by atoms with Crippen molar-refractivity contribution in [3.63, 3.8) is 0 Å². The number of halogens is 1. The van der Waals surface area contributed by atoms with E-state index in [0.29, 0.717) is 38.0 Å². The molecular formula is C25H43ClN8O3. The van der Waals surface area contributed by atoms with Gasteiger partial charge < -0.3 is 26.2 Å². The minimum atomic E-state index is -0.931. The molecule has 1 unspecified atom stereocenters. The molecule has 12 heteroatoms. The number of carbonyl (C=O) groups excluding carboxylic acids is 2. The minimum absolute atomic E-state index is 0. The maximum atomic E-state index is 12.7. The fourth-order valence-electron chi connectivity index (χ4n) is 5.71. The molecule has 3 heterocycles. The molecule has 1 saturated carbocycles. The maximum Gasteiger partial charge on any atom is 0.349 e. The lowest BCUT2D eigenvalue weighted by Gasteiger charge is -2.37. The van der Waals surface area contributed by atoms with Gasteiger partial charge >= 0.3 is 11.7 Å². The Morgan fingerprint density at radius 3 is 2.24 bits per heavy atom. The van der Waals surface area contributed by atoms with Gasteiger partial charge in [0, 0.05) is 51.5 Å². The summed E-state index contributed by atoms with van der Waals surface area (Å²) in [6.07, 6.45) is 7.11. The Labute approximate surface area is 225 Å². The highest BCUT2D eigenvalue weighted by Crippen LogP contribution is 2.32. The van der Waals surface area contributed by atoms with E-state index in [-0.39, 0.29) is 41.9 Å². The van der Waals surface area contributed by atoms with E-state index in [4.69, 9.17) is 11.5 Å². The van der Waals surface area contributed by atoms with Crippen molar-refractivity contribution in [3.8, 4) is 0 Å². The van der Waals surface area contributed by atoms with Gasteiger partial charge in [0.05, 0.1) is 5.54 Å². The summed E-state index contributed by atoms with van der Waals surface area (Å²) < 4.78 is 1.71. The average molecular weight is 539 g/mol. The fraction of sp³-hybridized carbons (Fsp3) is 0.760. The summed E-state index contributed by atoms with van der Waals surface area (Å²) in [5, 5.41) is 2.73. The van der Waals surface area contributed by atoms with Crippen molar-refractivity contribution < 1.29 is 9.59 Å². The van der Waals surface area contributed by atoms with Crippen molar-refractivity contribution in [1.29, 1.82) is 0 Å². The summed E-state index contributed by atoms with van der Waals surface area (Å²) >= 11 is 0. The zero-order valence-corrected chi connectivity index (χ0v) is 22.9. The number of nitrogens with zero attached hydrogens (tertiary/aromatic N) is 5. The van der Waals surface area contributed by atoms with Crippen LogP contribution in [-0.4, -0.2) is 94.1 Å². The molecule has 5 N–H and O–H groups in total. The fourth-order valence-corrected chi connectivity index (χ4v) is 5.71. The van der Waals surface area contributed by atoms with E-state index in [1.165, 1.54) is 6.42 Å². The molecule has 0 spiro atoms. The summed E-state index contributed by atoms with van der Waals surface area (Å²) in [7, 11) is 0. The van der Waals surface area contributed by atoms with Gasteiger partial charge in [0.2, 0.25) is 5.91 Å². The third-order valence-electron chi connectivity index (χ3n) is 7.90. The largest absolute Gasteiger partial charge is 0.349 e. The zero-order valence-electron chi connectivity index (χ0n) is 22.1. The van der Waals surface area contributed by atoms with Crippen LogP contribution in [-0.2, 0) is 4.79 Å². The van der Waals surface area contributed by atoms with Crippen LogP contribution in [0.2, 0.25) is 0 Å². The number of likely N-dealkylation sites (tertiary alicyclic amines) is 1. The zero-order chi connectivity index (χ0) is 25.9. The van der Waals surface area contributed by atoms with Crippen LogP contribution in [0.15, 0.2) is 17.1 Å². The van der Waals surface area contributed by atoms with Crippen molar-refractivity contribution in [2.24, 2.45) is 23.3 Å². The van der Waals surface area contributed by atoms with Gasteiger partial charge in [-0.1, -0.05) is 0 Å². The molecule has 3 fully saturated rings. The molecule has 2 aliphatic heterocycles. The highest BCUT2D eigenvalue weighted by atomic mass is 35.5. The van der Waals surface area contributed by atoms with Crippen LogP contribution in [0.4, 0.5) is 10.6 Å². The summed E-state index contributed by atoms with van der Waals surface area (Å²) in [5.41, 5.74) is 10.5. The molecule has 3 amide bonds. The van der Waals surface area contributed by atoms with Gasteiger partial charge in [0.1, 0.15) is 5.82 Å². The first-order chi connectivity index (χ1) is 17.1. The van der Waals surface area contributed by atoms with Crippen molar-refractivity contribution >= 4 is 30.2 Å². The second-order valence-electron chi connectivity index (χ2n) is 11.3. The summed E-state index contributed by atoms with van der Waals surface area (Å²) in [6, 6.07) is 1.52. The van der Waals surface area contributed by atoms with Gasteiger partial charge in [-0.05, 0) is 76.9 Å². The first-order valence-electron chi connectivity index (χ1n) is 13.3. The van der Waals surface area contributed by atoms with E-state index in [9.17, 15) is 14.4 Å². The Hall–Kier alpha value is -2.21. The molecule has 37 heavy (non-hydrogen) atoms. The molecular weight excluding hydrogens is 496 g/mol. The van der Waals surface area contributed by atoms with Crippen LogP contribution in [0.25, 0.3) is 0 Å². The van der Waals surface area contributed by atoms with Crippen molar-refractivity contribution in [1.82, 2.24) is 24.3 Å². The predicted molar refractivity (Wildman–Crippen MR) is 146 cm³/mol. The Balaban J connectivity index is 0.00000380. The molecule has 2 saturated heterocycles. The number of hydrogen-bond acceptors (Lipinski definition) is 7. The number of rotatable bonds is 6. The van der Waals surface area contributed by atoms with Crippen LogP contribution in [0, 0.1) is 11.8 Å². The molecule has 1 aromatic heterocycles. The summed E-state index contributed by atoms with van der Waals surface area (Å²) in [5.74, 6) is 1.44. The standard InChI is InChI=1S/C25H42N8O3.ClH/c1-25(2,27)22(34)31-11-13-32(14-12-31)23(35)28-21-8-10-33(24(36)29-21)20-5-3-18(4-6-20)16-30-9-7-19(15-26)17-30;/h8,10,18-20H,3-7,9,11-17,26-27H2,1-2H3,(H,28,29,35,36);1H. The number of aromatic nitrogens is 2. The third-order valence-corrected chi connectivity index (χ3v) is 7.90. The van der Waals surface area contributed by atoms with Crippen LogP contribution in [0.5, 0.6) is 0 Å². The lowest BCUT2D eigenvalue weighted by molar-refractivity contribution is -0.137. The Morgan fingerprint density at radius 2 is 1.68 bits per heavy atom. The quantitative estimate of drug-likeness (QED) is 0.492. The third kappa shape index (κ3) is 7.43. The van der Waals surface area contributed by atoms with Gasteiger partial charge in [-0.15, -0.1) is 12.4 Å². The number of amides is 3. The molecule has 11 nitrogen and oxygen atoms in total. The van der Waals surface area contributed by atoms with E-state index in [0.717, 1.165) is 51.9 Å². The summed E-state index contributed by atoms with van der Waals surface area (Å²) in [6.45, 7) is 9.20. The van der Waals surface area contributed by atoms with Gasteiger partial charge in [0.25, 0.3) is 0 Å². The van der Waals surface area contributed by atoms with Gasteiger partial charge in [0.15, 0.2) is 0 Å². The molecule has 0 aromatic carbocycles. The number of piperazine rings is 1. The topological polar surface area (TPSA) is 143 Å². The van der Waals surface area contributed by atoms with Gasteiger partial charge in [-0.2, -0.15) is 4.98 Å². The van der Waals surface area contributed by atoms with Crippen molar-refractivity contribution in [2.45, 2.75) is 57.5 Å². The normalized spacial score (nSPS) is 25.0. The second-order valence-corrected chi connectivity index (χ2v) is 11.3. The van der Waals surface area contributed by atoms with E-state index < -0.39 is 5.54 Å². The van der Waals surface area contributed by atoms with E-state index in [2.05, 4.69) is 15.2 Å². The molecule has 0 bridgehead atoms. The molecule has 1 aromatic rings. The number of carbonyl (C=O) groups is 2. The highest BCUT2D eigenvalue weighted by molar-refractivity contribution is 5.89. The van der Waals surface area contributed by atoms with Crippen molar-refractivity contribution in [2.75, 3.05) is 57.7 Å². The van der Waals surface area contributed by atoms with Crippen LogP contribution in [0.1, 0.15) is 52.0 Å². The van der Waals surface area contributed by atoms with Gasteiger partial charge in [-0.25, -0.2) is 9.59 Å². The second kappa shape index (κ2) is 12.6. The lowest BCUT2D eigenvalue weighted by atomic mass is 9.85. The van der Waals surface area contributed by atoms with Crippen LogP contribution >= 0.6 is 12.4 Å². The molecule has 0 radical (unpaired) electrons. The Bertz CT molecular complexity index is 981. The molecule has 208 valence electrons. The highest BCUT2D eigenvalue weighted by Gasteiger charge is 2.32. The van der Waals surface area contributed by atoms with Gasteiger partial charge in [-0.3, -0.25) is 14.7 Å². The van der Waals surface area contributed by atoms with E-state index in [1.807, 2.05) is 0 Å². The monoisotopic (exact) mass is 538 g/mol. The number of urea groups is 1. The smallest absolute Gasteiger partial charge is 0.338 e. The van der Waals surface area contributed by atoms with Crippen molar-refractivity contribution in [3.05, 3.63) is 22.7 Å². The van der Waals surface area contributed by atoms with Crippen LogP contribution < -0.4 is 22.5 Å². The van der Waals surface area contributed by atoms with E-state index in [1.54, 1.807) is 40.5 Å². The Kier molecular flexibility index (Phi) is 9.96. The first kappa shape index (κ1) is 29.3. The number of hydrogen-bond donors (Lipinski definition) is 3. The Morgan fingerprint density at radius 1 is 1.03 bits per heavy atom. The number of nitrogens with two attached hydrogens (primary N) is 2. The van der Waals surface area contributed by atoms with Crippen LogP contribution in [0.3, 0.4) is 0 Å². The number of nitrogens with one attached hydrogen (secondary N) is 1. The lowest BCUT2D eigenvalue weighted by Crippen LogP contribution is -2.58. The predicted octanol–water partition coefficient (Wildman–Crippen LogP) is 1.09. The molecule has 3 aliphatic rings. The van der Waals surface area contributed by atoms with E-state index >= 15 is 0 Å². The first-order valence-corrected chi connectivity index (χ1v) is 13.3. The number of anilines is 1. The summed E-state index contributed by atoms with van der Waals surface area (Å²) in [4.78, 5) is 47.7. The average Bonchev–Trinajstić information content (AvgIpc) is 3.31. The SMILES string of the molecule is CC(C)(N)C(=O)N1CCN(C(=O)Nc2ccn(C3CCC(CN4CCC(CN)C4)CC3)c(=O)n2)CC1.Cl. The molecule has 1 atom stereocenters. The molecule has 4 rings (SSSR count). The molecule has 1 aliphatic carbocycles. The minimum Gasteiger partial charge on any atom is -0.338 e.